The van der Waals surface area contributed by atoms with Gasteiger partial charge >= 0.3 is 0 Å². The number of hydrogen-bond donors (Lipinski definition) is 2. The fraction of sp³-hybridized carbons (Fsp3) is 0.179. The number of carbonyl (C=O) groups excluding carboxylic acids is 2. The third-order valence-corrected chi connectivity index (χ3v) is 6.41. The summed E-state index contributed by atoms with van der Waals surface area (Å²) in [5.74, 6) is -1.49. The predicted molar refractivity (Wildman–Crippen MR) is 131 cm³/mol. The molecule has 0 radical (unpaired) electrons. The summed E-state index contributed by atoms with van der Waals surface area (Å²) in [5.41, 5.74) is 5.64. The fourth-order valence-electron chi connectivity index (χ4n) is 4.61. The molecule has 4 aromatic rings. The van der Waals surface area contributed by atoms with Crippen LogP contribution >= 0.6 is 0 Å². The van der Waals surface area contributed by atoms with Gasteiger partial charge in [-0.25, -0.2) is 0 Å². The second kappa shape index (κ2) is 8.63. The first-order valence-corrected chi connectivity index (χ1v) is 11.3. The second-order valence-corrected chi connectivity index (χ2v) is 8.76. The lowest BCUT2D eigenvalue weighted by Gasteiger charge is -2.25. The largest absolute Gasteiger partial charge is 0.507 e. The van der Waals surface area contributed by atoms with E-state index in [4.69, 9.17) is 0 Å². The number of aliphatic hydroxyl groups is 1. The summed E-state index contributed by atoms with van der Waals surface area (Å²) in [5, 5.41) is 12.2. The number of benzene rings is 2. The number of aromatic nitrogens is 2. The minimum absolute atomic E-state index is 0.0939. The van der Waals surface area contributed by atoms with Crippen LogP contribution < -0.4 is 0 Å². The molecule has 1 saturated heterocycles. The van der Waals surface area contributed by atoms with E-state index in [9.17, 15) is 14.7 Å². The molecule has 2 N–H and O–H groups in total. The van der Waals surface area contributed by atoms with Crippen molar-refractivity contribution >= 4 is 28.4 Å². The standard InChI is InChI=1S/C28H25N3O3/c1-17-5-8-19(9-6-17)25-24(26(32)21-4-3-12-29-15-21)27(33)28(34)31(25)13-11-20-16-30-23-14-18(2)7-10-22(20)23/h3-10,12,14-16,25,30,32H,11,13H2,1-2H3. The number of rotatable bonds is 5. The van der Waals surface area contributed by atoms with Crippen LogP contribution in [0.4, 0.5) is 0 Å². The first kappa shape index (κ1) is 21.6. The van der Waals surface area contributed by atoms with Crippen molar-refractivity contribution in [1.29, 1.82) is 0 Å². The number of pyridine rings is 1. The molecule has 0 saturated carbocycles. The summed E-state index contributed by atoms with van der Waals surface area (Å²) in [6, 6.07) is 16.6. The lowest BCUT2D eigenvalue weighted by Crippen LogP contribution is -2.31. The van der Waals surface area contributed by atoms with Gasteiger partial charge in [0, 0.05) is 41.6 Å². The monoisotopic (exact) mass is 451 g/mol. The molecule has 1 amide bonds. The van der Waals surface area contributed by atoms with Crippen molar-refractivity contribution in [1.82, 2.24) is 14.9 Å². The highest BCUT2D eigenvalue weighted by molar-refractivity contribution is 6.46. The van der Waals surface area contributed by atoms with Crippen LogP contribution in [0, 0.1) is 13.8 Å². The number of aliphatic hydroxyl groups excluding tert-OH is 1. The van der Waals surface area contributed by atoms with Gasteiger partial charge in [-0.15, -0.1) is 0 Å². The summed E-state index contributed by atoms with van der Waals surface area (Å²) < 4.78 is 0. The van der Waals surface area contributed by atoms with E-state index in [1.165, 1.54) is 11.8 Å². The molecule has 3 heterocycles. The van der Waals surface area contributed by atoms with Crippen LogP contribution in [0.25, 0.3) is 16.7 Å². The van der Waals surface area contributed by atoms with Crippen molar-refractivity contribution < 1.29 is 14.7 Å². The minimum atomic E-state index is -0.679. The Balaban J connectivity index is 1.55. The van der Waals surface area contributed by atoms with Crippen molar-refractivity contribution in [2.24, 2.45) is 0 Å². The molecule has 1 fully saturated rings. The maximum absolute atomic E-state index is 13.2. The molecule has 6 nitrogen and oxygen atoms in total. The Morgan fingerprint density at radius 3 is 2.56 bits per heavy atom. The number of nitrogens with zero attached hydrogens (tertiary/aromatic N) is 2. The van der Waals surface area contributed by atoms with Crippen LogP contribution in [0.1, 0.15) is 33.9 Å². The molecule has 2 aromatic heterocycles. The number of aromatic amines is 1. The summed E-state index contributed by atoms with van der Waals surface area (Å²) in [7, 11) is 0. The third kappa shape index (κ3) is 3.77. The maximum atomic E-state index is 13.2. The third-order valence-electron chi connectivity index (χ3n) is 6.41. The normalized spacial score (nSPS) is 17.6. The summed E-state index contributed by atoms with van der Waals surface area (Å²) in [6.45, 7) is 4.37. The topological polar surface area (TPSA) is 86.3 Å². The first-order valence-electron chi connectivity index (χ1n) is 11.3. The Hall–Kier alpha value is -4.19. The highest BCUT2D eigenvalue weighted by atomic mass is 16.3. The van der Waals surface area contributed by atoms with Crippen LogP contribution in [0.15, 0.2) is 78.8 Å². The quantitative estimate of drug-likeness (QED) is 0.258. The molecule has 1 aliphatic rings. The molecule has 170 valence electrons. The van der Waals surface area contributed by atoms with E-state index in [1.54, 1.807) is 23.2 Å². The molecular weight excluding hydrogens is 426 g/mol. The lowest BCUT2D eigenvalue weighted by molar-refractivity contribution is -0.139. The lowest BCUT2D eigenvalue weighted by atomic mass is 9.95. The van der Waals surface area contributed by atoms with E-state index < -0.39 is 17.7 Å². The molecule has 2 aromatic carbocycles. The summed E-state index contributed by atoms with van der Waals surface area (Å²) >= 11 is 0. The van der Waals surface area contributed by atoms with Crippen LogP contribution in [0.5, 0.6) is 0 Å². The van der Waals surface area contributed by atoms with Crippen molar-refractivity contribution in [3.8, 4) is 0 Å². The molecule has 0 bridgehead atoms. The number of hydrogen-bond acceptors (Lipinski definition) is 4. The number of amides is 1. The van der Waals surface area contributed by atoms with Gasteiger partial charge in [-0.1, -0.05) is 42.0 Å². The molecular formula is C28H25N3O3. The number of fused-ring (bicyclic) bond motifs is 1. The molecule has 5 rings (SSSR count). The number of ketones is 1. The van der Waals surface area contributed by atoms with Crippen LogP contribution in [0.3, 0.4) is 0 Å². The minimum Gasteiger partial charge on any atom is -0.507 e. The van der Waals surface area contributed by atoms with Gasteiger partial charge in [-0.2, -0.15) is 0 Å². The Morgan fingerprint density at radius 2 is 1.82 bits per heavy atom. The van der Waals surface area contributed by atoms with E-state index in [1.807, 2.05) is 44.3 Å². The van der Waals surface area contributed by atoms with E-state index in [0.717, 1.165) is 27.6 Å². The zero-order chi connectivity index (χ0) is 23.8. The average molecular weight is 452 g/mol. The molecule has 1 atom stereocenters. The number of carbonyl (C=O) groups is 2. The maximum Gasteiger partial charge on any atom is 0.295 e. The Labute approximate surface area is 197 Å². The zero-order valence-corrected chi connectivity index (χ0v) is 19.1. The Morgan fingerprint density at radius 1 is 1.06 bits per heavy atom. The van der Waals surface area contributed by atoms with Gasteiger partial charge in [0.1, 0.15) is 5.76 Å². The summed E-state index contributed by atoms with van der Waals surface area (Å²) in [4.78, 5) is 35.2. The van der Waals surface area contributed by atoms with Crippen molar-refractivity contribution in [3.05, 3.63) is 107 Å². The molecule has 1 aliphatic heterocycles. The van der Waals surface area contributed by atoms with Gasteiger partial charge in [-0.05, 0) is 55.2 Å². The molecule has 34 heavy (non-hydrogen) atoms. The molecule has 0 spiro atoms. The highest BCUT2D eigenvalue weighted by Gasteiger charge is 2.45. The van der Waals surface area contributed by atoms with Gasteiger partial charge in [0.2, 0.25) is 0 Å². The SMILES string of the molecule is Cc1ccc(C2C(=C(O)c3cccnc3)C(=O)C(=O)N2CCc2c[nH]c3cc(C)ccc23)cc1. The average Bonchev–Trinajstić information content (AvgIpc) is 3.36. The van der Waals surface area contributed by atoms with Crippen molar-refractivity contribution in [2.45, 2.75) is 26.3 Å². The van der Waals surface area contributed by atoms with E-state index in [2.05, 4.69) is 28.2 Å². The Bertz CT molecular complexity index is 1420. The number of nitrogens with one attached hydrogen (secondary N) is 1. The number of Topliss-reactive ketones (excluding diaryl/α,β-unsaturated/α-hetero) is 1. The van der Waals surface area contributed by atoms with E-state index in [-0.39, 0.29) is 11.3 Å². The number of H-pyrrole nitrogens is 1. The van der Waals surface area contributed by atoms with Crippen LogP contribution in [-0.4, -0.2) is 38.2 Å². The molecule has 1 unspecified atom stereocenters. The van der Waals surface area contributed by atoms with E-state index in [0.29, 0.717) is 18.5 Å². The van der Waals surface area contributed by atoms with Gasteiger partial charge in [-0.3, -0.25) is 14.6 Å². The van der Waals surface area contributed by atoms with Gasteiger partial charge in [0.25, 0.3) is 11.7 Å². The smallest absolute Gasteiger partial charge is 0.295 e. The highest BCUT2D eigenvalue weighted by Crippen LogP contribution is 2.39. The van der Waals surface area contributed by atoms with Crippen molar-refractivity contribution in [3.63, 3.8) is 0 Å². The van der Waals surface area contributed by atoms with E-state index >= 15 is 0 Å². The van der Waals surface area contributed by atoms with Crippen molar-refractivity contribution in [2.75, 3.05) is 6.54 Å². The number of aryl methyl sites for hydroxylation is 2. The first-order chi connectivity index (χ1) is 16.4. The fourth-order valence-corrected chi connectivity index (χ4v) is 4.61. The Kier molecular flexibility index (Phi) is 5.49. The van der Waals surface area contributed by atoms with Crippen LogP contribution in [-0.2, 0) is 16.0 Å². The van der Waals surface area contributed by atoms with Gasteiger partial charge in [0.05, 0.1) is 11.6 Å². The number of likely N-dealkylation sites (tertiary alicyclic amines) is 1. The molecule has 0 aliphatic carbocycles. The second-order valence-electron chi connectivity index (χ2n) is 8.76. The summed E-state index contributed by atoms with van der Waals surface area (Å²) in [6.07, 6.45) is 5.61. The molecule has 6 heteroatoms. The van der Waals surface area contributed by atoms with Gasteiger partial charge < -0.3 is 15.0 Å². The van der Waals surface area contributed by atoms with Gasteiger partial charge in [0.15, 0.2) is 0 Å². The zero-order valence-electron chi connectivity index (χ0n) is 19.1. The predicted octanol–water partition coefficient (Wildman–Crippen LogP) is 4.84. The van der Waals surface area contributed by atoms with Crippen LogP contribution in [0.2, 0.25) is 0 Å².